The summed E-state index contributed by atoms with van der Waals surface area (Å²) in [4.78, 5) is 12.0. The highest BCUT2D eigenvalue weighted by atomic mass is 16.6. The van der Waals surface area contributed by atoms with E-state index in [4.69, 9.17) is 21.6 Å². The number of aliphatic hydroxyl groups is 2. The molecule has 21 heavy (non-hydrogen) atoms. The first-order chi connectivity index (χ1) is 10.1. The summed E-state index contributed by atoms with van der Waals surface area (Å²) >= 11 is 0. The Labute approximate surface area is 121 Å². The largest absolute Gasteiger partial charge is 0.394 e. The molecule has 0 spiro atoms. The zero-order chi connectivity index (χ0) is 15.5. The molecule has 1 aromatic heterocycles. The number of nitrogens with zero attached hydrogens (tertiary/aromatic N) is 1. The van der Waals surface area contributed by atoms with Crippen LogP contribution in [0, 0.1) is 12.3 Å². The Morgan fingerprint density at radius 2 is 2.14 bits per heavy atom. The van der Waals surface area contributed by atoms with E-state index in [1.807, 2.05) is 0 Å². The van der Waals surface area contributed by atoms with Gasteiger partial charge >= 0.3 is 6.23 Å². The number of amides is 1. The maximum absolute atomic E-state index is 12.0. The number of aliphatic hydroxyl groups excluding tert-OH is 2. The number of rotatable bonds is 5. The lowest BCUT2D eigenvalue weighted by atomic mass is 9.92. The molecular weight excluding hydrogens is 276 g/mol. The number of ether oxygens (including phenoxy) is 2. The molecular formula is C14H17N2O5+. The Kier molecular flexibility index (Phi) is 4.55. The second-order valence-electron chi connectivity index (χ2n) is 4.63. The van der Waals surface area contributed by atoms with Gasteiger partial charge in [0.15, 0.2) is 12.4 Å². The van der Waals surface area contributed by atoms with E-state index in [1.54, 1.807) is 30.6 Å². The van der Waals surface area contributed by atoms with Crippen molar-refractivity contribution in [2.24, 2.45) is 5.73 Å². The number of pyridine rings is 1. The van der Waals surface area contributed by atoms with Crippen LogP contribution in [0.25, 0.3) is 0 Å². The third kappa shape index (κ3) is 2.50. The van der Waals surface area contributed by atoms with Gasteiger partial charge in [-0.1, -0.05) is 12.0 Å². The maximum Gasteiger partial charge on any atom is 0.304 e. The summed E-state index contributed by atoms with van der Waals surface area (Å²) in [5.74, 6) is 1.32. The summed E-state index contributed by atoms with van der Waals surface area (Å²) in [5.41, 5.74) is 3.57. The van der Waals surface area contributed by atoms with Crippen molar-refractivity contribution in [3.63, 3.8) is 0 Å². The average molecular weight is 293 g/mol. The topological polar surface area (TPSA) is 106 Å². The molecule has 1 aromatic rings. The normalized spacial score (nSPS) is 31.8. The van der Waals surface area contributed by atoms with Gasteiger partial charge in [-0.15, -0.1) is 6.42 Å². The molecule has 0 saturated carbocycles. The van der Waals surface area contributed by atoms with Gasteiger partial charge in [0.05, 0.1) is 6.61 Å². The minimum absolute atomic E-state index is 0.231. The molecule has 1 saturated heterocycles. The number of hydrogen-bond acceptors (Lipinski definition) is 5. The van der Waals surface area contributed by atoms with E-state index in [1.165, 1.54) is 4.57 Å². The van der Waals surface area contributed by atoms with Crippen LogP contribution in [0.4, 0.5) is 0 Å². The molecule has 1 aliphatic rings. The number of carbonyl (C=O) groups is 1. The van der Waals surface area contributed by atoms with Crippen LogP contribution >= 0.6 is 0 Å². The van der Waals surface area contributed by atoms with Crippen LogP contribution in [-0.2, 0) is 14.3 Å². The van der Waals surface area contributed by atoms with Gasteiger partial charge in [0.2, 0.25) is 0 Å². The fraction of sp³-hybridized carbons (Fsp3) is 0.429. The summed E-state index contributed by atoms with van der Waals surface area (Å²) in [6.07, 6.45) is 4.95. The van der Waals surface area contributed by atoms with Crippen molar-refractivity contribution in [3.05, 3.63) is 30.6 Å². The monoisotopic (exact) mass is 293 g/mol. The fourth-order valence-electron chi connectivity index (χ4n) is 2.42. The van der Waals surface area contributed by atoms with Crippen molar-refractivity contribution in [1.29, 1.82) is 0 Å². The Bertz CT molecular complexity index is 544. The molecule has 0 radical (unpaired) electrons. The van der Waals surface area contributed by atoms with Gasteiger partial charge in [-0.2, -0.15) is 4.57 Å². The predicted octanol–water partition coefficient (Wildman–Crippen LogP) is -1.90. The molecule has 0 aromatic carbocycles. The minimum Gasteiger partial charge on any atom is -0.394 e. The lowest BCUT2D eigenvalue weighted by Gasteiger charge is -2.29. The molecule has 4 N–H and O–H groups in total. The second-order valence-corrected chi connectivity index (χ2v) is 4.63. The quantitative estimate of drug-likeness (QED) is 0.434. The molecule has 7 heteroatoms. The summed E-state index contributed by atoms with van der Waals surface area (Å²) in [6, 6.07) is 5.21. The van der Waals surface area contributed by atoms with Gasteiger partial charge in [0, 0.05) is 12.1 Å². The maximum atomic E-state index is 12.0. The summed E-state index contributed by atoms with van der Waals surface area (Å²) in [7, 11) is 0. The number of terminal acetylenes is 1. The van der Waals surface area contributed by atoms with Crippen LogP contribution < -0.4 is 10.3 Å². The number of primary amides is 1. The summed E-state index contributed by atoms with van der Waals surface area (Å²) in [6.45, 7) is -0.717. The Morgan fingerprint density at radius 3 is 2.67 bits per heavy atom. The highest BCUT2D eigenvalue weighted by Crippen LogP contribution is 2.38. The lowest BCUT2D eigenvalue weighted by Crippen LogP contribution is -2.63. The average Bonchev–Trinajstić information content (AvgIpc) is 2.79. The van der Waals surface area contributed by atoms with Crippen LogP contribution in [0.2, 0.25) is 0 Å². The van der Waals surface area contributed by atoms with Gasteiger partial charge in [-0.3, -0.25) is 4.79 Å². The third-order valence-electron chi connectivity index (χ3n) is 3.43. The molecule has 2 rings (SSSR count). The van der Waals surface area contributed by atoms with E-state index >= 15 is 0 Å². The van der Waals surface area contributed by atoms with Gasteiger partial charge in [0.1, 0.15) is 18.8 Å². The molecule has 4 atom stereocenters. The number of aromatic nitrogens is 1. The van der Waals surface area contributed by atoms with Crippen molar-refractivity contribution in [1.82, 2.24) is 0 Å². The summed E-state index contributed by atoms with van der Waals surface area (Å²) < 4.78 is 12.5. The Morgan fingerprint density at radius 1 is 1.48 bits per heavy atom. The molecule has 2 heterocycles. The van der Waals surface area contributed by atoms with Gasteiger partial charge < -0.3 is 25.4 Å². The van der Waals surface area contributed by atoms with Crippen LogP contribution in [0.3, 0.4) is 0 Å². The first-order valence-electron chi connectivity index (χ1n) is 6.35. The first kappa shape index (κ1) is 15.4. The van der Waals surface area contributed by atoms with E-state index < -0.39 is 36.6 Å². The van der Waals surface area contributed by atoms with E-state index in [9.17, 15) is 15.0 Å². The molecule has 1 fully saturated rings. The number of hydrogen-bond donors (Lipinski definition) is 3. The Balaban J connectivity index is 2.49. The van der Waals surface area contributed by atoms with Crippen LogP contribution in [-0.4, -0.2) is 47.1 Å². The number of nitrogens with two attached hydrogens (primary N) is 1. The molecule has 0 aliphatic carbocycles. The van der Waals surface area contributed by atoms with Crippen LogP contribution in [0.1, 0.15) is 6.23 Å². The second kappa shape index (κ2) is 6.20. The van der Waals surface area contributed by atoms with E-state index in [-0.39, 0.29) is 6.61 Å². The van der Waals surface area contributed by atoms with Gasteiger partial charge in [0.25, 0.3) is 11.5 Å². The fourth-order valence-corrected chi connectivity index (χ4v) is 2.42. The zero-order valence-electron chi connectivity index (χ0n) is 11.3. The molecule has 1 aliphatic heterocycles. The molecule has 112 valence electrons. The van der Waals surface area contributed by atoms with E-state index in [0.29, 0.717) is 0 Å². The first-order valence-corrected chi connectivity index (χ1v) is 6.35. The molecule has 0 bridgehead atoms. The molecule has 1 amide bonds. The van der Waals surface area contributed by atoms with Gasteiger partial charge in [-0.05, 0) is 0 Å². The molecule has 0 unspecified atom stereocenters. The summed E-state index contributed by atoms with van der Waals surface area (Å²) in [5, 5.41) is 19.6. The van der Waals surface area contributed by atoms with E-state index in [0.717, 1.165) is 0 Å². The third-order valence-corrected chi connectivity index (χ3v) is 3.43. The Hall–Kier alpha value is -1.98. The van der Waals surface area contributed by atoms with Crippen LogP contribution in [0.15, 0.2) is 30.6 Å². The molecule has 7 nitrogen and oxygen atoms in total. The van der Waals surface area contributed by atoms with Crippen molar-refractivity contribution in [3.8, 4) is 12.3 Å². The standard InChI is InChI=1S/C14H16N2O5/c1-2-8-20-14(12(15)19)11(18)10(9-17)21-13(14)16-6-4-3-5-7-16/h1,3-7,10-11,13,17-18H,8-9H2,(H-,15,19)/p+1/t10-,11-,13-,14+/m1/s1. The predicted molar refractivity (Wildman–Crippen MR) is 70.4 cm³/mol. The SMILES string of the molecule is C#CCO[C@]1(C(N)=O)[C@H](O)[C@@H](CO)O[C@H]1[n+]1ccccc1. The smallest absolute Gasteiger partial charge is 0.304 e. The highest BCUT2D eigenvalue weighted by Gasteiger charge is 2.66. The van der Waals surface area contributed by atoms with Crippen molar-refractivity contribution in [2.45, 2.75) is 24.0 Å². The highest BCUT2D eigenvalue weighted by molar-refractivity contribution is 5.85. The minimum atomic E-state index is -1.87. The lowest BCUT2D eigenvalue weighted by molar-refractivity contribution is -0.770. The van der Waals surface area contributed by atoms with Crippen LogP contribution in [0.5, 0.6) is 0 Å². The number of carbonyl (C=O) groups excluding carboxylic acids is 1. The zero-order valence-corrected chi connectivity index (χ0v) is 11.3. The van der Waals surface area contributed by atoms with Crippen molar-refractivity contribution < 1.29 is 29.0 Å². The van der Waals surface area contributed by atoms with Crippen molar-refractivity contribution in [2.75, 3.05) is 13.2 Å². The van der Waals surface area contributed by atoms with Gasteiger partial charge in [-0.25, -0.2) is 0 Å². The van der Waals surface area contributed by atoms with E-state index in [2.05, 4.69) is 5.92 Å². The van der Waals surface area contributed by atoms with Crippen molar-refractivity contribution >= 4 is 5.91 Å².